The zero-order chi connectivity index (χ0) is 35.0. The average molecular weight is 677 g/mol. The Labute approximate surface area is 298 Å². The summed E-state index contributed by atoms with van der Waals surface area (Å²) in [6.45, 7) is 4.11. The van der Waals surface area contributed by atoms with E-state index < -0.39 is 6.10 Å². The standard InChI is InChI=1S/C43H80O5/c1-3-5-7-9-11-13-15-16-17-18-19-20-21-22-23-24-25-26-28-29-31-33-35-37-42(45)47-40-41(39-44)48-43(46)38-36-34-32-30-27-14-12-10-8-6-4-2/h24-25,29,31,41,44H,3-23,26-28,30,32-40H2,1-2H3/b25-24+,31-29+/t41-/m0/s1. The molecule has 0 amide bonds. The molecule has 0 rings (SSSR count). The maximum Gasteiger partial charge on any atom is 0.306 e. The number of carbonyl (C=O) groups is 2. The number of rotatable bonds is 38. The summed E-state index contributed by atoms with van der Waals surface area (Å²) in [7, 11) is 0. The van der Waals surface area contributed by atoms with Crippen LogP contribution >= 0.6 is 0 Å². The molecule has 0 bridgehead atoms. The van der Waals surface area contributed by atoms with Gasteiger partial charge in [0.15, 0.2) is 6.10 Å². The lowest BCUT2D eigenvalue weighted by molar-refractivity contribution is -0.161. The Hall–Kier alpha value is -1.62. The molecule has 48 heavy (non-hydrogen) atoms. The van der Waals surface area contributed by atoms with E-state index in [0.29, 0.717) is 12.8 Å². The Morgan fingerprint density at radius 2 is 0.812 bits per heavy atom. The van der Waals surface area contributed by atoms with E-state index in [2.05, 4.69) is 38.2 Å². The number of allylic oxidation sites excluding steroid dienone is 4. The first-order valence-electron chi connectivity index (χ1n) is 20.9. The van der Waals surface area contributed by atoms with Gasteiger partial charge in [-0.2, -0.15) is 0 Å². The van der Waals surface area contributed by atoms with E-state index in [1.165, 1.54) is 148 Å². The van der Waals surface area contributed by atoms with Crippen molar-refractivity contribution in [1.29, 1.82) is 0 Å². The summed E-state index contributed by atoms with van der Waals surface area (Å²) in [6, 6.07) is 0. The molecule has 0 aliphatic rings. The monoisotopic (exact) mass is 677 g/mol. The van der Waals surface area contributed by atoms with Crippen molar-refractivity contribution in [3.8, 4) is 0 Å². The molecule has 1 atom stereocenters. The number of aliphatic hydroxyl groups excluding tert-OH is 1. The number of esters is 2. The summed E-state index contributed by atoms with van der Waals surface area (Å²) >= 11 is 0. The van der Waals surface area contributed by atoms with Gasteiger partial charge in [0, 0.05) is 12.8 Å². The molecule has 0 aliphatic carbocycles. The van der Waals surface area contributed by atoms with Crippen molar-refractivity contribution >= 4 is 11.9 Å². The van der Waals surface area contributed by atoms with Crippen LogP contribution in [0.3, 0.4) is 0 Å². The lowest BCUT2D eigenvalue weighted by Gasteiger charge is -2.15. The van der Waals surface area contributed by atoms with Crippen LogP contribution < -0.4 is 0 Å². The summed E-state index contributed by atoms with van der Waals surface area (Å²) in [5.74, 6) is -0.634. The first-order chi connectivity index (χ1) is 23.6. The minimum Gasteiger partial charge on any atom is -0.462 e. The van der Waals surface area contributed by atoms with Crippen LogP contribution in [0.15, 0.2) is 24.3 Å². The summed E-state index contributed by atoms with van der Waals surface area (Å²) in [5.41, 5.74) is 0. The Morgan fingerprint density at radius 3 is 1.25 bits per heavy atom. The van der Waals surface area contributed by atoms with Gasteiger partial charge in [-0.1, -0.05) is 186 Å². The zero-order valence-electron chi connectivity index (χ0n) is 32.0. The zero-order valence-corrected chi connectivity index (χ0v) is 32.0. The van der Waals surface area contributed by atoms with E-state index in [1.807, 2.05) is 0 Å². The number of carbonyl (C=O) groups excluding carboxylic acids is 2. The highest BCUT2D eigenvalue weighted by Crippen LogP contribution is 2.15. The van der Waals surface area contributed by atoms with Crippen molar-refractivity contribution in [3.63, 3.8) is 0 Å². The van der Waals surface area contributed by atoms with Crippen molar-refractivity contribution in [2.24, 2.45) is 0 Å². The van der Waals surface area contributed by atoms with E-state index in [4.69, 9.17) is 9.47 Å². The van der Waals surface area contributed by atoms with Gasteiger partial charge >= 0.3 is 11.9 Å². The van der Waals surface area contributed by atoms with Crippen molar-refractivity contribution in [1.82, 2.24) is 0 Å². The lowest BCUT2D eigenvalue weighted by Crippen LogP contribution is -2.28. The van der Waals surface area contributed by atoms with Crippen LogP contribution in [0.5, 0.6) is 0 Å². The molecule has 282 valence electrons. The minimum atomic E-state index is -0.781. The normalized spacial score (nSPS) is 12.3. The van der Waals surface area contributed by atoms with Crippen LogP contribution in [-0.2, 0) is 19.1 Å². The fourth-order valence-electron chi connectivity index (χ4n) is 6.05. The number of ether oxygens (including phenoxy) is 2. The number of hydrogen-bond acceptors (Lipinski definition) is 5. The van der Waals surface area contributed by atoms with Gasteiger partial charge in [-0.05, 0) is 44.9 Å². The van der Waals surface area contributed by atoms with Gasteiger partial charge in [0.05, 0.1) is 6.61 Å². The second-order valence-electron chi connectivity index (χ2n) is 14.1. The average Bonchev–Trinajstić information content (AvgIpc) is 3.09. The molecule has 0 saturated carbocycles. The molecule has 0 radical (unpaired) electrons. The van der Waals surface area contributed by atoms with Crippen molar-refractivity contribution in [2.75, 3.05) is 13.2 Å². The molecule has 0 saturated heterocycles. The first kappa shape index (κ1) is 46.4. The maximum atomic E-state index is 12.1. The van der Waals surface area contributed by atoms with Crippen molar-refractivity contribution in [2.45, 2.75) is 225 Å². The summed E-state index contributed by atoms with van der Waals surface area (Å²) in [4.78, 5) is 24.2. The van der Waals surface area contributed by atoms with Crippen LogP contribution in [0.4, 0.5) is 0 Å². The second kappa shape index (κ2) is 39.8. The van der Waals surface area contributed by atoms with Gasteiger partial charge in [0.2, 0.25) is 0 Å². The predicted molar refractivity (Wildman–Crippen MR) is 205 cm³/mol. The van der Waals surface area contributed by atoms with Gasteiger partial charge < -0.3 is 14.6 Å². The van der Waals surface area contributed by atoms with E-state index in [1.54, 1.807) is 0 Å². The van der Waals surface area contributed by atoms with Gasteiger partial charge in [-0.3, -0.25) is 9.59 Å². The maximum absolute atomic E-state index is 12.1. The molecule has 0 aromatic heterocycles. The van der Waals surface area contributed by atoms with Crippen LogP contribution in [0.2, 0.25) is 0 Å². The van der Waals surface area contributed by atoms with Gasteiger partial charge in [0.25, 0.3) is 0 Å². The molecule has 0 aromatic carbocycles. The Morgan fingerprint density at radius 1 is 0.458 bits per heavy atom. The molecule has 0 heterocycles. The van der Waals surface area contributed by atoms with Crippen LogP contribution in [-0.4, -0.2) is 36.4 Å². The second-order valence-corrected chi connectivity index (χ2v) is 14.1. The van der Waals surface area contributed by atoms with Gasteiger partial charge in [-0.15, -0.1) is 0 Å². The van der Waals surface area contributed by atoms with Crippen molar-refractivity contribution in [3.05, 3.63) is 24.3 Å². The molecule has 0 spiro atoms. The molecule has 5 heteroatoms. The van der Waals surface area contributed by atoms with E-state index in [-0.39, 0.29) is 25.2 Å². The summed E-state index contributed by atoms with van der Waals surface area (Å²) in [6.07, 6.45) is 46.9. The molecule has 1 N–H and O–H groups in total. The molecular formula is C43H80O5. The highest BCUT2D eigenvalue weighted by molar-refractivity contribution is 5.70. The Balaban J connectivity index is 3.54. The minimum absolute atomic E-state index is 0.0825. The predicted octanol–water partition coefficient (Wildman–Crippen LogP) is 13.1. The topological polar surface area (TPSA) is 72.8 Å². The third-order valence-electron chi connectivity index (χ3n) is 9.23. The van der Waals surface area contributed by atoms with Gasteiger partial charge in [0.1, 0.15) is 6.61 Å². The molecule has 0 unspecified atom stereocenters. The smallest absolute Gasteiger partial charge is 0.306 e. The Kier molecular flexibility index (Phi) is 38.5. The third kappa shape index (κ3) is 37.2. The number of hydrogen-bond donors (Lipinski definition) is 1. The Bertz CT molecular complexity index is 731. The van der Waals surface area contributed by atoms with Gasteiger partial charge in [-0.25, -0.2) is 0 Å². The SMILES string of the molecule is CCCCCCCCCCCCCCCC/C=C/CC/C=C/CCCC(=O)OC[C@H](CO)OC(=O)CCCCCCCCCCCCC. The molecular weight excluding hydrogens is 596 g/mol. The van der Waals surface area contributed by atoms with E-state index in [0.717, 1.165) is 44.9 Å². The van der Waals surface area contributed by atoms with Crippen molar-refractivity contribution < 1.29 is 24.2 Å². The third-order valence-corrected chi connectivity index (χ3v) is 9.23. The fraction of sp³-hybridized carbons (Fsp3) is 0.860. The fourth-order valence-corrected chi connectivity index (χ4v) is 6.05. The molecule has 0 aromatic rings. The number of unbranched alkanes of at least 4 members (excludes halogenated alkanes) is 26. The molecule has 0 aliphatic heterocycles. The van der Waals surface area contributed by atoms with Crippen LogP contribution in [0, 0.1) is 0 Å². The molecule has 5 nitrogen and oxygen atoms in total. The van der Waals surface area contributed by atoms with E-state index in [9.17, 15) is 14.7 Å². The summed E-state index contributed by atoms with van der Waals surface area (Å²) in [5, 5.41) is 9.53. The lowest BCUT2D eigenvalue weighted by atomic mass is 10.0. The van der Waals surface area contributed by atoms with E-state index >= 15 is 0 Å². The largest absolute Gasteiger partial charge is 0.462 e. The first-order valence-corrected chi connectivity index (χ1v) is 20.9. The quantitative estimate of drug-likeness (QED) is 0.0400. The number of aliphatic hydroxyl groups is 1. The molecule has 0 fully saturated rings. The van der Waals surface area contributed by atoms with Crippen LogP contribution in [0.25, 0.3) is 0 Å². The highest BCUT2D eigenvalue weighted by Gasteiger charge is 2.16. The highest BCUT2D eigenvalue weighted by atomic mass is 16.6. The van der Waals surface area contributed by atoms with Crippen LogP contribution in [0.1, 0.15) is 219 Å². The summed E-state index contributed by atoms with van der Waals surface area (Å²) < 4.78 is 10.6.